The van der Waals surface area contributed by atoms with E-state index in [9.17, 15) is 13.2 Å². The number of alkyl halides is 3. The van der Waals surface area contributed by atoms with E-state index >= 15 is 0 Å². The third kappa shape index (κ3) is 13.7. The fraction of sp³-hybridized carbons (Fsp3) is 0.900. The van der Waals surface area contributed by atoms with Gasteiger partial charge in [0.15, 0.2) is 5.96 Å². The molecule has 0 unspecified atom stereocenters. The van der Waals surface area contributed by atoms with Gasteiger partial charge < -0.3 is 10.6 Å². The van der Waals surface area contributed by atoms with Crippen LogP contribution in [-0.4, -0.2) is 32.3 Å². The van der Waals surface area contributed by atoms with Crippen molar-refractivity contribution >= 4 is 29.9 Å². The Labute approximate surface area is 118 Å². The van der Waals surface area contributed by atoms with Crippen molar-refractivity contribution in [1.29, 1.82) is 0 Å². The summed E-state index contributed by atoms with van der Waals surface area (Å²) in [6.45, 7) is 3.35. The van der Waals surface area contributed by atoms with Gasteiger partial charge in [-0.2, -0.15) is 13.2 Å². The van der Waals surface area contributed by atoms with Gasteiger partial charge in [-0.1, -0.05) is 6.92 Å². The molecular formula is C10H21F3IN3. The van der Waals surface area contributed by atoms with Crippen LogP contribution in [0.15, 0.2) is 4.99 Å². The minimum absolute atomic E-state index is 0. The normalized spacial score (nSPS) is 11.9. The van der Waals surface area contributed by atoms with Crippen molar-refractivity contribution in [3.63, 3.8) is 0 Å². The van der Waals surface area contributed by atoms with E-state index in [0.29, 0.717) is 18.9 Å². The van der Waals surface area contributed by atoms with Gasteiger partial charge in [-0.05, 0) is 19.3 Å². The molecule has 0 aromatic heterocycles. The van der Waals surface area contributed by atoms with Crippen LogP contribution in [0.2, 0.25) is 0 Å². The van der Waals surface area contributed by atoms with Gasteiger partial charge in [-0.3, -0.25) is 4.99 Å². The average Bonchev–Trinajstić information content (AvgIpc) is 2.20. The Morgan fingerprint density at radius 3 is 2.18 bits per heavy atom. The lowest BCUT2D eigenvalue weighted by Gasteiger charge is -2.11. The molecule has 17 heavy (non-hydrogen) atoms. The molecule has 0 fully saturated rings. The second-order valence-electron chi connectivity index (χ2n) is 3.50. The highest BCUT2D eigenvalue weighted by molar-refractivity contribution is 14.0. The van der Waals surface area contributed by atoms with E-state index in [1.807, 2.05) is 6.92 Å². The molecule has 0 aliphatic heterocycles. The molecule has 0 spiro atoms. The van der Waals surface area contributed by atoms with Gasteiger partial charge in [0.05, 0.1) is 0 Å². The Hall–Kier alpha value is -0.210. The van der Waals surface area contributed by atoms with Gasteiger partial charge in [0.1, 0.15) is 0 Å². The Balaban J connectivity index is 0. The number of nitrogens with one attached hydrogen (secondary N) is 2. The zero-order valence-electron chi connectivity index (χ0n) is 10.2. The zero-order valence-corrected chi connectivity index (χ0v) is 12.6. The number of hydrogen-bond acceptors (Lipinski definition) is 1. The second-order valence-corrected chi connectivity index (χ2v) is 3.50. The van der Waals surface area contributed by atoms with Gasteiger partial charge in [0.2, 0.25) is 0 Å². The molecule has 0 aromatic carbocycles. The highest BCUT2D eigenvalue weighted by atomic mass is 127. The predicted octanol–water partition coefficient (Wildman–Crippen LogP) is 2.91. The van der Waals surface area contributed by atoms with Crippen LogP contribution in [0.4, 0.5) is 13.2 Å². The molecule has 0 saturated heterocycles. The van der Waals surface area contributed by atoms with E-state index in [1.54, 1.807) is 7.05 Å². The lowest BCUT2D eigenvalue weighted by atomic mass is 10.2. The van der Waals surface area contributed by atoms with Crippen molar-refractivity contribution in [2.45, 2.75) is 38.8 Å². The summed E-state index contributed by atoms with van der Waals surface area (Å²) in [6, 6.07) is 0. The minimum Gasteiger partial charge on any atom is -0.356 e. The number of aliphatic imine (C=N–C) groups is 1. The van der Waals surface area contributed by atoms with Crippen LogP contribution in [0.5, 0.6) is 0 Å². The average molecular weight is 367 g/mol. The summed E-state index contributed by atoms with van der Waals surface area (Å²) in [5, 5.41) is 6.00. The number of nitrogens with zero attached hydrogens (tertiary/aromatic N) is 1. The first kappa shape index (κ1) is 19.1. The van der Waals surface area contributed by atoms with Crippen LogP contribution in [0.3, 0.4) is 0 Å². The van der Waals surface area contributed by atoms with E-state index in [-0.39, 0.29) is 30.4 Å². The number of hydrogen-bond donors (Lipinski definition) is 2. The molecule has 0 amide bonds. The van der Waals surface area contributed by atoms with E-state index in [4.69, 9.17) is 0 Å². The third-order valence-electron chi connectivity index (χ3n) is 1.95. The molecule has 7 heteroatoms. The zero-order chi connectivity index (χ0) is 12.4. The minimum atomic E-state index is -4.04. The maximum absolute atomic E-state index is 11.8. The smallest absolute Gasteiger partial charge is 0.356 e. The summed E-state index contributed by atoms with van der Waals surface area (Å²) >= 11 is 0. The summed E-state index contributed by atoms with van der Waals surface area (Å²) in [7, 11) is 1.64. The molecule has 0 bridgehead atoms. The first-order valence-electron chi connectivity index (χ1n) is 5.51. The van der Waals surface area contributed by atoms with Crippen molar-refractivity contribution in [3.05, 3.63) is 0 Å². The standard InChI is InChI=1S/C10H20F3N3.HI/c1-3-7-15-9(14-2)16-8-5-4-6-10(11,12)13;/h3-8H2,1-2H3,(H2,14,15,16);1H. The highest BCUT2D eigenvalue weighted by Gasteiger charge is 2.25. The Bertz CT molecular complexity index is 207. The summed E-state index contributed by atoms with van der Waals surface area (Å²) in [4.78, 5) is 3.94. The Kier molecular flexibility index (Phi) is 12.3. The quantitative estimate of drug-likeness (QED) is 0.328. The molecule has 0 aliphatic rings. The van der Waals surface area contributed by atoms with Crippen LogP contribution >= 0.6 is 24.0 Å². The lowest BCUT2D eigenvalue weighted by Crippen LogP contribution is -2.38. The van der Waals surface area contributed by atoms with Gasteiger partial charge in [0.25, 0.3) is 0 Å². The summed E-state index contributed by atoms with van der Waals surface area (Å²) in [5.74, 6) is 0.647. The maximum Gasteiger partial charge on any atom is 0.389 e. The maximum atomic E-state index is 11.8. The summed E-state index contributed by atoms with van der Waals surface area (Å²) < 4.78 is 35.5. The molecule has 0 saturated carbocycles. The first-order chi connectivity index (χ1) is 7.49. The van der Waals surface area contributed by atoms with E-state index in [1.165, 1.54) is 0 Å². The SMILES string of the molecule is CCCNC(=NC)NCCCCC(F)(F)F.I. The predicted molar refractivity (Wildman–Crippen MR) is 75.0 cm³/mol. The first-order valence-corrected chi connectivity index (χ1v) is 5.51. The number of halogens is 4. The van der Waals surface area contributed by atoms with Gasteiger partial charge in [-0.15, -0.1) is 24.0 Å². The topological polar surface area (TPSA) is 36.4 Å². The molecule has 0 radical (unpaired) electrons. The number of rotatable bonds is 6. The van der Waals surface area contributed by atoms with Gasteiger partial charge in [-0.25, -0.2) is 0 Å². The molecule has 0 aliphatic carbocycles. The molecule has 0 rings (SSSR count). The molecule has 0 heterocycles. The molecule has 0 aromatic rings. The number of unbranched alkanes of at least 4 members (excludes halogenated alkanes) is 1. The highest BCUT2D eigenvalue weighted by Crippen LogP contribution is 2.21. The second kappa shape index (κ2) is 10.9. The van der Waals surface area contributed by atoms with E-state index in [2.05, 4.69) is 15.6 Å². The summed E-state index contributed by atoms with van der Waals surface area (Å²) in [5.41, 5.74) is 0. The fourth-order valence-corrected chi connectivity index (χ4v) is 1.12. The van der Waals surface area contributed by atoms with Crippen LogP contribution < -0.4 is 10.6 Å². The van der Waals surface area contributed by atoms with Crippen molar-refractivity contribution in [3.8, 4) is 0 Å². The van der Waals surface area contributed by atoms with E-state index in [0.717, 1.165) is 13.0 Å². The van der Waals surface area contributed by atoms with Crippen molar-refractivity contribution in [2.75, 3.05) is 20.1 Å². The van der Waals surface area contributed by atoms with Gasteiger partial charge in [0, 0.05) is 26.6 Å². The van der Waals surface area contributed by atoms with Crippen LogP contribution in [0, 0.1) is 0 Å². The molecule has 2 N–H and O–H groups in total. The van der Waals surface area contributed by atoms with Crippen molar-refractivity contribution in [2.24, 2.45) is 4.99 Å². The molecule has 3 nitrogen and oxygen atoms in total. The molecular weight excluding hydrogens is 346 g/mol. The summed E-state index contributed by atoms with van der Waals surface area (Å²) in [6.07, 6.45) is -3.12. The Morgan fingerprint density at radius 1 is 1.12 bits per heavy atom. The van der Waals surface area contributed by atoms with Gasteiger partial charge >= 0.3 is 6.18 Å². The van der Waals surface area contributed by atoms with Crippen LogP contribution in [-0.2, 0) is 0 Å². The Morgan fingerprint density at radius 2 is 1.71 bits per heavy atom. The van der Waals surface area contributed by atoms with Crippen molar-refractivity contribution < 1.29 is 13.2 Å². The largest absolute Gasteiger partial charge is 0.389 e. The van der Waals surface area contributed by atoms with Crippen LogP contribution in [0.1, 0.15) is 32.6 Å². The fourth-order valence-electron chi connectivity index (χ4n) is 1.12. The van der Waals surface area contributed by atoms with E-state index < -0.39 is 12.6 Å². The molecule has 104 valence electrons. The third-order valence-corrected chi connectivity index (χ3v) is 1.95. The molecule has 0 atom stereocenters. The number of guanidine groups is 1. The lowest BCUT2D eigenvalue weighted by molar-refractivity contribution is -0.135. The van der Waals surface area contributed by atoms with Crippen molar-refractivity contribution in [1.82, 2.24) is 10.6 Å². The van der Waals surface area contributed by atoms with Crippen LogP contribution in [0.25, 0.3) is 0 Å². The monoisotopic (exact) mass is 367 g/mol.